The maximum absolute atomic E-state index is 8.83. The van der Waals surface area contributed by atoms with Crippen LogP contribution in [0.25, 0.3) is 0 Å². The molecule has 0 atom stereocenters. The van der Waals surface area contributed by atoms with Gasteiger partial charge in [0, 0.05) is 8.95 Å². The van der Waals surface area contributed by atoms with Crippen molar-refractivity contribution < 1.29 is 9.84 Å². The maximum atomic E-state index is 8.83. The number of aromatic hydroxyl groups is 1. The molecule has 0 aliphatic heterocycles. The fourth-order valence-corrected chi connectivity index (χ4v) is 1.93. The minimum absolute atomic E-state index is 0.184. The summed E-state index contributed by atoms with van der Waals surface area (Å²) < 4.78 is 6.62. The third-order valence-electron chi connectivity index (χ3n) is 2.03. The molecule has 0 aromatic heterocycles. The molecule has 2 rings (SSSR count). The molecule has 0 bridgehead atoms. The van der Waals surface area contributed by atoms with Crippen LogP contribution in [-0.2, 0) is 0 Å². The number of phenolic OH excluding ortho intramolecular Hbond substituents is 1. The Balaban J connectivity index is 0.000000191. The molecular weight excluding hydrogens is 419 g/mol. The molecular formula is C13H10Br2Cl2O2. The highest BCUT2D eigenvalue weighted by molar-refractivity contribution is 9.10. The topological polar surface area (TPSA) is 29.5 Å². The third-order valence-corrected chi connectivity index (χ3v) is 4.49. The molecule has 0 saturated carbocycles. The average molecular weight is 429 g/mol. The molecule has 0 heterocycles. The van der Waals surface area contributed by atoms with E-state index in [0.717, 1.165) is 14.7 Å². The Bertz CT molecular complexity index is 562. The molecule has 0 saturated heterocycles. The third kappa shape index (κ3) is 5.61. The fourth-order valence-electron chi connectivity index (χ4n) is 1.09. The molecule has 2 aromatic rings. The van der Waals surface area contributed by atoms with Gasteiger partial charge in [0.15, 0.2) is 0 Å². The smallest absolute Gasteiger partial charge is 0.120 e. The number of phenols is 1. The highest BCUT2D eigenvalue weighted by Crippen LogP contribution is 2.26. The Morgan fingerprint density at radius 1 is 0.947 bits per heavy atom. The van der Waals surface area contributed by atoms with Gasteiger partial charge in [-0.05, 0) is 68.3 Å². The SMILES string of the molecule is COc1ccc(Br)c(Cl)c1.Oc1ccc(Br)c(Cl)c1. The van der Waals surface area contributed by atoms with Gasteiger partial charge in [0.25, 0.3) is 0 Å². The normalized spacial score (nSPS) is 9.53. The zero-order valence-corrected chi connectivity index (χ0v) is 14.5. The first kappa shape index (κ1) is 16.6. The standard InChI is InChI=1S/C7H6BrClO.C6H4BrClO/c1-10-5-2-3-6(8)7(9)4-5;7-5-2-1-4(9)3-6(5)8/h2-4H,1H3;1-3,9H. The molecule has 1 N–H and O–H groups in total. The second-order valence-corrected chi connectivity index (χ2v) is 5.90. The molecule has 6 heteroatoms. The second-order valence-electron chi connectivity index (χ2n) is 3.38. The van der Waals surface area contributed by atoms with Crippen LogP contribution in [0.2, 0.25) is 10.0 Å². The van der Waals surface area contributed by atoms with E-state index in [4.69, 9.17) is 33.0 Å². The molecule has 0 radical (unpaired) electrons. The predicted octanol–water partition coefficient (Wildman–Crippen LogP) is 5.92. The van der Waals surface area contributed by atoms with Gasteiger partial charge in [0.1, 0.15) is 11.5 Å². The lowest BCUT2D eigenvalue weighted by molar-refractivity contribution is 0.415. The summed E-state index contributed by atoms with van der Waals surface area (Å²) in [5.41, 5.74) is 0. The van der Waals surface area contributed by atoms with Crippen LogP contribution in [0.1, 0.15) is 0 Å². The van der Waals surface area contributed by atoms with Gasteiger partial charge in [-0.3, -0.25) is 0 Å². The van der Waals surface area contributed by atoms with Crippen LogP contribution < -0.4 is 4.74 Å². The van der Waals surface area contributed by atoms with E-state index in [-0.39, 0.29) is 5.75 Å². The summed E-state index contributed by atoms with van der Waals surface area (Å²) in [5, 5.41) is 10.0. The van der Waals surface area contributed by atoms with Crippen molar-refractivity contribution >= 4 is 55.1 Å². The Morgan fingerprint density at radius 2 is 1.47 bits per heavy atom. The van der Waals surface area contributed by atoms with Crippen molar-refractivity contribution in [3.63, 3.8) is 0 Å². The van der Waals surface area contributed by atoms with Crippen molar-refractivity contribution in [1.82, 2.24) is 0 Å². The zero-order valence-electron chi connectivity index (χ0n) is 9.83. The predicted molar refractivity (Wildman–Crippen MR) is 86.5 cm³/mol. The van der Waals surface area contributed by atoms with E-state index in [9.17, 15) is 0 Å². The summed E-state index contributed by atoms with van der Waals surface area (Å²) in [6, 6.07) is 10.2. The van der Waals surface area contributed by atoms with E-state index >= 15 is 0 Å². The number of benzene rings is 2. The van der Waals surface area contributed by atoms with Crippen LogP contribution in [0.5, 0.6) is 11.5 Å². The van der Waals surface area contributed by atoms with Crippen molar-refractivity contribution in [2.24, 2.45) is 0 Å². The quantitative estimate of drug-likeness (QED) is 0.611. The number of methoxy groups -OCH3 is 1. The number of rotatable bonds is 1. The van der Waals surface area contributed by atoms with Crippen LogP contribution in [0.15, 0.2) is 45.3 Å². The summed E-state index contributed by atoms with van der Waals surface area (Å²) in [6.07, 6.45) is 0. The summed E-state index contributed by atoms with van der Waals surface area (Å²) in [4.78, 5) is 0. The molecule has 0 amide bonds. The second kappa shape index (κ2) is 8.00. The minimum Gasteiger partial charge on any atom is -0.508 e. The van der Waals surface area contributed by atoms with E-state index in [0.29, 0.717) is 10.0 Å². The van der Waals surface area contributed by atoms with Gasteiger partial charge in [0.05, 0.1) is 17.2 Å². The zero-order chi connectivity index (χ0) is 14.4. The lowest BCUT2D eigenvalue weighted by Crippen LogP contribution is -1.81. The van der Waals surface area contributed by atoms with Gasteiger partial charge in [-0.2, -0.15) is 0 Å². The lowest BCUT2D eigenvalue weighted by Gasteiger charge is -1.99. The fraction of sp³-hybridized carbons (Fsp3) is 0.0769. The van der Waals surface area contributed by atoms with Gasteiger partial charge < -0.3 is 9.84 Å². The molecule has 0 spiro atoms. The maximum Gasteiger partial charge on any atom is 0.120 e. The first-order valence-corrected chi connectivity index (χ1v) is 7.41. The van der Waals surface area contributed by atoms with E-state index in [1.165, 1.54) is 6.07 Å². The van der Waals surface area contributed by atoms with Crippen molar-refractivity contribution in [3.05, 3.63) is 55.4 Å². The Hall–Kier alpha value is -0.420. The Kier molecular flexibility index (Phi) is 7.00. The molecule has 0 aliphatic carbocycles. The Labute approximate surface area is 138 Å². The number of hydrogen-bond acceptors (Lipinski definition) is 2. The van der Waals surface area contributed by atoms with Crippen molar-refractivity contribution in [1.29, 1.82) is 0 Å². The molecule has 2 nitrogen and oxygen atoms in total. The van der Waals surface area contributed by atoms with E-state index in [2.05, 4.69) is 31.9 Å². The van der Waals surface area contributed by atoms with Crippen LogP contribution in [0.3, 0.4) is 0 Å². The van der Waals surface area contributed by atoms with Gasteiger partial charge >= 0.3 is 0 Å². The highest BCUT2D eigenvalue weighted by atomic mass is 79.9. The molecule has 102 valence electrons. The van der Waals surface area contributed by atoms with Crippen LogP contribution in [0, 0.1) is 0 Å². The first-order valence-electron chi connectivity index (χ1n) is 5.07. The minimum atomic E-state index is 0.184. The molecule has 0 aliphatic rings. The molecule has 0 unspecified atom stereocenters. The van der Waals surface area contributed by atoms with E-state index in [1.54, 1.807) is 25.3 Å². The molecule has 19 heavy (non-hydrogen) atoms. The van der Waals surface area contributed by atoms with Crippen molar-refractivity contribution in [2.45, 2.75) is 0 Å². The van der Waals surface area contributed by atoms with Gasteiger partial charge in [-0.15, -0.1) is 0 Å². The van der Waals surface area contributed by atoms with Gasteiger partial charge in [-0.25, -0.2) is 0 Å². The summed E-state index contributed by atoms with van der Waals surface area (Å²) in [6.45, 7) is 0. The van der Waals surface area contributed by atoms with Crippen molar-refractivity contribution in [3.8, 4) is 11.5 Å². The van der Waals surface area contributed by atoms with Crippen molar-refractivity contribution in [2.75, 3.05) is 7.11 Å². The van der Waals surface area contributed by atoms with E-state index in [1.807, 2.05) is 12.1 Å². The van der Waals surface area contributed by atoms with Crippen LogP contribution >= 0.6 is 55.1 Å². The summed E-state index contributed by atoms with van der Waals surface area (Å²) >= 11 is 17.8. The molecule has 0 fully saturated rings. The summed E-state index contributed by atoms with van der Waals surface area (Å²) in [7, 11) is 1.61. The number of halogens is 4. The highest BCUT2D eigenvalue weighted by Gasteiger charge is 1.97. The monoisotopic (exact) mass is 426 g/mol. The summed E-state index contributed by atoms with van der Waals surface area (Å²) in [5.74, 6) is 0.955. The Morgan fingerprint density at radius 3 is 1.89 bits per heavy atom. The van der Waals surface area contributed by atoms with Crippen LogP contribution in [-0.4, -0.2) is 12.2 Å². The first-order chi connectivity index (χ1) is 8.93. The van der Waals surface area contributed by atoms with E-state index < -0.39 is 0 Å². The largest absolute Gasteiger partial charge is 0.508 e. The van der Waals surface area contributed by atoms with Gasteiger partial charge in [0.2, 0.25) is 0 Å². The number of hydrogen-bond donors (Lipinski definition) is 1. The average Bonchev–Trinajstić information content (AvgIpc) is 2.38. The molecule has 2 aromatic carbocycles. The van der Waals surface area contributed by atoms with Crippen LogP contribution in [0.4, 0.5) is 0 Å². The number of ether oxygens (including phenoxy) is 1. The lowest BCUT2D eigenvalue weighted by atomic mass is 10.3. The van der Waals surface area contributed by atoms with Gasteiger partial charge in [-0.1, -0.05) is 23.2 Å².